The molecule has 0 spiro atoms. The molecule has 0 fully saturated rings. The minimum atomic E-state index is -0.0563. The van der Waals surface area contributed by atoms with Crippen LogP contribution in [0, 0.1) is 6.92 Å². The molecule has 0 aliphatic carbocycles. The standard InChI is InChI=1S/C17H18Cl2N2O/c1-11-15(19)7-4-8-16(11)21-17(22)10-20-12(2)13-5-3-6-14(18)9-13/h3-9,12,20H,10H2,1-2H3,(H,21,22)/p+1/t12-/m0/s1. The molecule has 1 amide bonds. The third-order valence-corrected chi connectivity index (χ3v) is 4.22. The van der Waals surface area contributed by atoms with Gasteiger partial charge in [-0.1, -0.05) is 41.4 Å². The van der Waals surface area contributed by atoms with Gasteiger partial charge in [0.2, 0.25) is 0 Å². The van der Waals surface area contributed by atoms with Crippen LogP contribution in [0.15, 0.2) is 42.5 Å². The van der Waals surface area contributed by atoms with Crippen LogP contribution < -0.4 is 10.6 Å². The number of amides is 1. The van der Waals surface area contributed by atoms with Gasteiger partial charge in [-0.2, -0.15) is 0 Å². The van der Waals surface area contributed by atoms with E-state index in [0.717, 1.165) is 16.8 Å². The fourth-order valence-corrected chi connectivity index (χ4v) is 2.53. The first-order valence-corrected chi connectivity index (χ1v) is 7.86. The second-order valence-electron chi connectivity index (χ2n) is 5.24. The Labute approximate surface area is 140 Å². The van der Waals surface area contributed by atoms with Crippen LogP contribution in [0.3, 0.4) is 0 Å². The van der Waals surface area contributed by atoms with E-state index in [0.29, 0.717) is 16.6 Å². The van der Waals surface area contributed by atoms with E-state index < -0.39 is 0 Å². The zero-order valence-electron chi connectivity index (χ0n) is 12.6. The Morgan fingerprint density at radius 3 is 2.68 bits per heavy atom. The summed E-state index contributed by atoms with van der Waals surface area (Å²) in [6.45, 7) is 4.26. The van der Waals surface area contributed by atoms with E-state index in [1.54, 1.807) is 6.07 Å². The lowest BCUT2D eigenvalue weighted by Gasteiger charge is -2.12. The van der Waals surface area contributed by atoms with Gasteiger partial charge in [-0.3, -0.25) is 4.79 Å². The van der Waals surface area contributed by atoms with Gasteiger partial charge in [0, 0.05) is 21.3 Å². The van der Waals surface area contributed by atoms with Crippen molar-refractivity contribution in [1.29, 1.82) is 0 Å². The van der Waals surface area contributed by atoms with Crippen LogP contribution in [-0.2, 0) is 4.79 Å². The maximum absolute atomic E-state index is 12.1. The Balaban J connectivity index is 1.91. The lowest BCUT2D eigenvalue weighted by Crippen LogP contribution is -2.86. The normalized spacial score (nSPS) is 12.0. The fourth-order valence-electron chi connectivity index (χ4n) is 2.15. The number of rotatable bonds is 5. The SMILES string of the molecule is Cc1c(Cl)cccc1NC(=O)C[NH2+][C@@H](C)c1cccc(Cl)c1. The number of hydrogen-bond acceptors (Lipinski definition) is 1. The number of nitrogens with two attached hydrogens (primary N) is 1. The molecule has 22 heavy (non-hydrogen) atoms. The number of anilines is 1. The summed E-state index contributed by atoms with van der Waals surface area (Å²) in [5.41, 5.74) is 2.72. The lowest BCUT2D eigenvalue weighted by molar-refractivity contribution is -0.682. The summed E-state index contributed by atoms with van der Waals surface area (Å²) in [4.78, 5) is 12.1. The van der Waals surface area contributed by atoms with Crippen LogP contribution in [0.25, 0.3) is 0 Å². The Kier molecular flexibility index (Phi) is 5.83. The molecular formula is C17H19Cl2N2O+. The molecular weight excluding hydrogens is 319 g/mol. The van der Waals surface area contributed by atoms with E-state index in [1.807, 2.05) is 55.6 Å². The summed E-state index contributed by atoms with van der Waals surface area (Å²) in [6, 6.07) is 13.3. The quantitative estimate of drug-likeness (QED) is 0.860. The topological polar surface area (TPSA) is 45.7 Å². The molecule has 0 aliphatic heterocycles. The highest BCUT2D eigenvalue weighted by Crippen LogP contribution is 2.22. The van der Waals surface area contributed by atoms with Gasteiger partial charge in [0.25, 0.3) is 5.91 Å². The highest BCUT2D eigenvalue weighted by molar-refractivity contribution is 6.31. The number of halogens is 2. The lowest BCUT2D eigenvalue weighted by atomic mass is 10.1. The van der Waals surface area contributed by atoms with Crippen molar-refractivity contribution in [2.24, 2.45) is 0 Å². The first kappa shape index (κ1) is 16.8. The number of carbonyl (C=O) groups excluding carboxylic acids is 1. The molecule has 2 aromatic rings. The summed E-state index contributed by atoms with van der Waals surface area (Å²) >= 11 is 12.0. The van der Waals surface area contributed by atoms with E-state index in [-0.39, 0.29) is 11.9 Å². The number of carbonyl (C=O) groups is 1. The van der Waals surface area contributed by atoms with Gasteiger partial charge >= 0.3 is 0 Å². The summed E-state index contributed by atoms with van der Waals surface area (Å²) in [6.07, 6.45) is 0. The number of nitrogens with one attached hydrogen (secondary N) is 1. The summed E-state index contributed by atoms with van der Waals surface area (Å²) in [5.74, 6) is -0.0563. The summed E-state index contributed by atoms with van der Waals surface area (Å²) < 4.78 is 0. The van der Waals surface area contributed by atoms with Crippen molar-refractivity contribution in [1.82, 2.24) is 0 Å². The molecule has 3 nitrogen and oxygen atoms in total. The molecule has 0 radical (unpaired) electrons. The molecule has 116 valence electrons. The van der Waals surface area contributed by atoms with E-state index in [9.17, 15) is 4.79 Å². The Morgan fingerprint density at radius 1 is 1.23 bits per heavy atom. The van der Waals surface area contributed by atoms with Crippen molar-refractivity contribution >= 4 is 34.8 Å². The Hall–Kier alpha value is -1.55. The molecule has 0 aliphatic rings. The molecule has 5 heteroatoms. The van der Waals surface area contributed by atoms with Crippen LogP contribution in [0.1, 0.15) is 24.1 Å². The van der Waals surface area contributed by atoms with Gasteiger partial charge in [-0.25, -0.2) is 0 Å². The Morgan fingerprint density at radius 2 is 1.95 bits per heavy atom. The third-order valence-electron chi connectivity index (χ3n) is 3.57. The molecule has 3 N–H and O–H groups in total. The zero-order valence-corrected chi connectivity index (χ0v) is 14.1. The maximum atomic E-state index is 12.1. The highest BCUT2D eigenvalue weighted by Gasteiger charge is 2.13. The van der Waals surface area contributed by atoms with Crippen molar-refractivity contribution < 1.29 is 10.1 Å². The number of quaternary nitrogens is 1. The second-order valence-corrected chi connectivity index (χ2v) is 6.09. The van der Waals surface area contributed by atoms with E-state index in [2.05, 4.69) is 5.32 Å². The van der Waals surface area contributed by atoms with Crippen molar-refractivity contribution in [3.05, 3.63) is 63.6 Å². The molecule has 2 rings (SSSR count). The van der Waals surface area contributed by atoms with Crippen LogP contribution in [-0.4, -0.2) is 12.5 Å². The van der Waals surface area contributed by atoms with Crippen LogP contribution >= 0.6 is 23.2 Å². The molecule has 0 saturated heterocycles. The predicted octanol–water partition coefficient (Wildman–Crippen LogP) is 3.56. The molecule has 1 atom stereocenters. The Bertz CT molecular complexity index is 673. The molecule has 0 saturated carbocycles. The van der Waals surface area contributed by atoms with Crippen molar-refractivity contribution in [3.63, 3.8) is 0 Å². The molecule has 0 unspecified atom stereocenters. The monoisotopic (exact) mass is 337 g/mol. The second kappa shape index (κ2) is 7.63. The number of hydrogen-bond donors (Lipinski definition) is 2. The van der Waals surface area contributed by atoms with E-state index in [4.69, 9.17) is 23.2 Å². The third kappa shape index (κ3) is 4.47. The van der Waals surface area contributed by atoms with Crippen LogP contribution in [0.2, 0.25) is 10.0 Å². The highest BCUT2D eigenvalue weighted by atomic mass is 35.5. The van der Waals surface area contributed by atoms with Crippen LogP contribution in [0.5, 0.6) is 0 Å². The maximum Gasteiger partial charge on any atom is 0.279 e. The number of benzene rings is 2. The molecule has 0 bridgehead atoms. The van der Waals surface area contributed by atoms with Crippen molar-refractivity contribution in [3.8, 4) is 0 Å². The largest absolute Gasteiger partial charge is 0.333 e. The van der Waals surface area contributed by atoms with E-state index >= 15 is 0 Å². The molecule has 2 aromatic carbocycles. The first-order chi connectivity index (χ1) is 10.5. The van der Waals surface area contributed by atoms with Gasteiger partial charge < -0.3 is 10.6 Å². The molecule has 0 aromatic heterocycles. The predicted molar refractivity (Wildman–Crippen MR) is 91.5 cm³/mol. The summed E-state index contributed by atoms with van der Waals surface area (Å²) in [7, 11) is 0. The van der Waals surface area contributed by atoms with Gasteiger partial charge in [-0.15, -0.1) is 0 Å². The van der Waals surface area contributed by atoms with Gasteiger partial charge in [0.05, 0.1) is 0 Å². The van der Waals surface area contributed by atoms with Crippen molar-refractivity contribution in [2.45, 2.75) is 19.9 Å². The van der Waals surface area contributed by atoms with Crippen LogP contribution in [0.4, 0.5) is 5.69 Å². The minimum Gasteiger partial charge on any atom is -0.333 e. The fraction of sp³-hybridized carbons (Fsp3) is 0.235. The average Bonchev–Trinajstić information content (AvgIpc) is 2.49. The van der Waals surface area contributed by atoms with Gasteiger partial charge in [0.15, 0.2) is 6.54 Å². The van der Waals surface area contributed by atoms with Gasteiger partial charge in [0.1, 0.15) is 6.04 Å². The molecule has 0 heterocycles. The van der Waals surface area contributed by atoms with Gasteiger partial charge in [-0.05, 0) is 43.7 Å². The minimum absolute atomic E-state index is 0.0563. The summed E-state index contributed by atoms with van der Waals surface area (Å²) in [5, 5.41) is 6.21. The average molecular weight is 338 g/mol. The van der Waals surface area contributed by atoms with E-state index in [1.165, 1.54) is 0 Å². The first-order valence-electron chi connectivity index (χ1n) is 7.11. The zero-order chi connectivity index (χ0) is 16.1. The smallest absolute Gasteiger partial charge is 0.279 e. The van der Waals surface area contributed by atoms with Crippen molar-refractivity contribution in [2.75, 3.05) is 11.9 Å².